The van der Waals surface area contributed by atoms with Crippen molar-refractivity contribution in [3.8, 4) is 0 Å². The fourth-order valence-electron chi connectivity index (χ4n) is 3.12. The Morgan fingerprint density at radius 2 is 2.19 bits per heavy atom. The molecule has 1 aliphatic rings. The van der Waals surface area contributed by atoms with E-state index >= 15 is 0 Å². The molecular formula is C14H25N5O2. The molecule has 1 aliphatic heterocycles. The molecule has 118 valence electrons. The van der Waals surface area contributed by atoms with Gasteiger partial charge in [-0.2, -0.15) is 5.10 Å². The van der Waals surface area contributed by atoms with Gasteiger partial charge in [-0.05, 0) is 39.5 Å². The molecule has 7 nitrogen and oxygen atoms in total. The molecule has 21 heavy (non-hydrogen) atoms. The van der Waals surface area contributed by atoms with Gasteiger partial charge < -0.3 is 10.6 Å². The van der Waals surface area contributed by atoms with Gasteiger partial charge in [0.15, 0.2) is 0 Å². The highest BCUT2D eigenvalue weighted by atomic mass is 16.6. The Morgan fingerprint density at radius 1 is 1.52 bits per heavy atom. The number of aromatic nitrogens is 2. The molecular weight excluding hydrogens is 270 g/mol. The SMILES string of the molecule is Cc1nn(C(C)C)c(N2CCC(C)CC2CN)c1[N+](=O)[O-]. The smallest absolute Gasteiger partial charge is 0.333 e. The number of rotatable bonds is 4. The third-order valence-corrected chi connectivity index (χ3v) is 4.22. The van der Waals surface area contributed by atoms with Crippen molar-refractivity contribution >= 4 is 11.5 Å². The van der Waals surface area contributed by atoms with E-state index in [0.717, 1.165) is 19.4 Å². The third kappa shape index (κ3) is 2.88. The number of anilines is 1. The summed E-state index contributed by atoms with van der Waals surface area (Å²) in [7, 11) is 0. The average Bonchev–Trinajstić information content (AvgIpc) is 2.76. The fourth-order valence-corrected chi connectivity index (χ4v) is 3.12. The van der Waals surface area contributed by atoms with E-state index in [1.54, 1.807) is 11.6 Å². The van der Waals surface area contributed by atoms with Crippen LogP contribution in [0.1, 0.15) is 45.3 Å². The van der Waals surface area contributed by atoms with E-state index in [9.17, 15) is 10.1 Å². The molecule has 2 rings (SSSR count). The summed E-state index contributed by atoms with van der Waals surface area (Å²) in [5, 5.41) is 15.9. The predicted octanol–water partition coefficient (Wildman–Crippen LogP) is 2.24. The molecule has 0 bridgehead atoms. The summed E-state index contributed by atoms with van der Waals surface area (Å²) in [6, 6.07) is 0.214. The zero-order valence-electron chi connectivity index (χ0n) is 13.2. The summed E-state index contributed by atoms with van der Waals surface area (Å²) in [5.41, 5.74) is 6.50. The van der Waals surface area contributed by atoms with Gasteiger partial charge in [0.05, 0.1) is 4.92 Å². The van der Waals surface area contributed by atoms with Gasteiger partial charge in [-0.15, -0.1) is 0 Å². The van der Waals surface area contributed by atoms with Gasteiger partial charge >= 0.3 is 5.69 Å². The van der Waals surface area contributed by atoms with Crippen LogP contribution in [0.3, 0.4) is 0 Å². The maximum absolute atomic E-state index is 11.5. The summed E-state index contributed by atoms with van der Waals surface area (Å²) < 4.78 is 1.77. The Kier molecular flexibility index (Phi) is 4.51. The molecule has 1 aromatic rings. The van der Waals surface area contributed by atoms with E-state index in [1.807, 2.05) is 13.8 Å². The van der Waals surface area contributed by atoms with Gasteiger partial charge in [0.25, 0.3) is 0 Å². The molecule has 1 saturated heterocycles. The van der Waals surface area contributed by atoms with Crippen LogP contribution in [-0.4, -0.2) is 33.8 Å². The maximum atomic E-state index is 11.5. The molecule has 1 fully saturated rings. The first-order valence-corrected chi connectivity index (χ1v) is 7.57. The fraction of sp³-hybridized carbons (Fsp3) is 0.786. The topological polar surface area (TPSA) is 90.2 Å². The Bertz CT molecular complexity index is 526. The first kappa shape index (κ1) is 15.8. The van der Waals surface area contributed by atoms with Crippen molar-refractivity contribution in [1.82, 2.24) is 9.78 Å². The van der Waals surface area contributed by atoms with E-state index in [4.69, 9.17) is 5.73 Å². The van der Waals surface area contributed by atoms with E-state index in [-0.39, 0.29) is 22.7 Å². The molecule has 0 spiro atoms. The van der Waals surface area contributed by atoms with Crippen molar-refractivity contribution in [2.24, 2.45) is 11.7 Å². The van der Waals surface area contributed by atoms with Crippen molar-refractivity contribution in [2.45, 2.75) is 52.6 Å². The summed E-state index contributed by atoms with van der Waals surface area (Å²) in [6.07, 6.45) is 1.99. The normalized spacial score (nSPS) is 22.9. The van der Waals surface area contributed by atoms with Gasteiger partial charge in [-0.25, -0.2) is 4.68 Å². The number of aryl methyl sites for hydroxylation is 1. The standard InChI is InChI=1S/C14H25N5O2/c1-9(2)18-14(13(19(20)21)11(4)16-18)17-6-5-10(3)7-12(17)8-15/h9-10,12H,5-8,15H2,1-4H3. The van der Waals surface area contributed by atoms with E-state index in [0.29, 0.717) is 24.0 Å². The molecule has 0 amide bonds. The van der Waals surface area contributed by atoms with Crippen molar-refractivity contribution in [2.75, 3.05) is 18.0 Å². The molecule has 1 aromatic heterocycles. The number of nitro groups is 1. The van der Waals surface area contributed by atoms with Gasteiger partial charge in [-0.1, -0.05) is 6.92 Å². The van der Waals surface area contributed by atoms with Crippen LogP contribution in [0.5, 0.6) is 0 Å². The summed E-state index contributed by atoms with van der Waals surface area (Å²) in [5.74, 6) is 1.22. The zero-order valence-corrected chi connectivity index (χ0v) is 13.2. The second kappa shape index (κ2) is 6.01. The highest BCUT2D eigenvalue weighted by Crippen LogP contribution is 2.37. The van der Waals surface area contributed by atoms with Crippen LogP contribution in [0.4, 0.5) is 11.5 Å². The second-order valence-electron chi connectivity index (χ2n) is 6.27. The zero-order chi connectivity index (χ0) is 15.7. The first-order chi connectivity index (χ1) is 9.86. The van der Waals surface area contributed by atoms with E-state index < -0.39 is 0 Å². The van der Waals surface area contributed by atoms with Crippen LogP contribution in [-0.2, 0) is 0 Å². The van der Waals surface area contributed by atoms with E-state index in [1.165, 1.54) is 0 Å². The minimum Gasteiger partial charge on any atom is -0.347 e. The Balaban J connectivity index is 2.52. The lowest BCUT2D eigenvalue weighted by molar-refractivity contribution is -0.384. The molecule has 2 heterocycles. The van der Waals surface area contributed by atoms with Crippen molar-refractivity contribution in [1.29, 1.82) is 0 Å². The van der Waals surface area contributed by atoms with Crippen LogP contribution >= 0.6 is 0 Å². The van der Waals surface area contributed by atoms with Crippen molar-refractivity contribution < 1.29 is 4.92 Å². The quantitative estimate of drug-likeness (QED) is 0.679. The number of hydrogen-bond donors (Lipinski definition) is 1. The Labute approximate surface area is 125 Å². The molecule has 0 aromatic carbocycles. The van der Waals surface area contributed by atoms with Gasteiger partial charge in [0.1, 0.15) is 5.69 Å². The largest absolute Gasteiger partial charge is 0.347 e. The summed E-state index contributed by atoms with van der Waals surface area (Å²) in [4.78, 5) is 13.3. The monoisotopic (exact) mass is 295 g/mol. The van der Waals surface area contributed by atoms with Gasteiger partial charge in [0, 0.05) is 25.2 Å². The lowest BCUT2D eigenvalue weighted by Crippen LogP contribution is -2.47. The van der Waals surface area contributed by atoms with E-state index in [2.05, 4.69) is 16.9 Å². The summed E-state index contributed by atoms with van der Waals surface area (Å²) in [6.45, 7) is 9.18. The molecule has 2 unspecified atom stereocenters. The molecule has 7 heteroatoms. The number of nitrogens with two attached hydrogens (primary N) is 1. The first-order valence-electron chi connectivity index (χ1n) is 7.57. The number of nitrogens with zero attached hydrogens (tertiary/aromatic N) is 4. The van der Waals surface area contributed by atoms with Gasteiger partial charge in [0.2, 0.25) is 5.82 Å². The van der Waals surface area contributed by atoms with Crippen LogP contribution < -0.4 is 10.6 Å². The molecule has 2 N–H and O–H groups in total. The number of hydrogen-bond acceptors (Lipinski definition) is 5. The average molecular weight is 295 g/mol. The van der Waals surface area contributed by atoms with Crippen molar-refractivity contribution in [3.05, 3.63) is 15.8 Å². The summed E-state index contributed by atoms with van der Waals surface area (Å²) >= 11 is 0. The van der Waals surface area contributed by atoms with Crippen LogP contribution in [0.25, 0.3) is 0 Å². The molecule has 0 saturated carbocycles. The molecule has 0 aliphatic carbocycles. The maximum Gasteiger partial charge on any atom is 0.333 e. The van der Waals surface area contributed by atoms with Crippen LogP contribution in [0.15, 0.2) is 0 Å². The Hall–Kier alpha value is -1.63. The predicted molar refractivity (Wildman–Crippen MR) is 82.6 cm³/mol. The van der Waals surface area contributed by atoms with Gasteiger partial charge in [-0.3, -0.25) is 10.1 Å². The third-order valence-electron chi connectivity index (χ3n) is 4.22. The van der Waals surface area contributed by atoms with Crippen LogP contribution in [0, 0.1) is 23.0 Å². The van der Waals surface area contributed by atoms with Crippen LogP contribution in [0.2, 0.25) is 0 Å². The molecule has 2 atom stereocenters. The Morgan fingerprint density at radius 3 is 2.71 bits per heavy atom. The minimum atomic E-state index is -0.317. The minimum absolute atomic E-state index is 0.0742. The highest BCUT2D eigenvalue weighted by molar-refractivity contribution is 5.62. The highest BCUT2D eigenvalue weighted by Gasteiger charge is 2.36. The number of piperidine rings is 1. The lowest BCUT2D eigenvalue weighted by atomic mass is 9.92. The van der Waals surface area contributed by atoms with Crippen molar-refractivity contribution in [3.63, 3.8) is 0 Å². The second-order valence-corrected chi connectivity index (χ2v) is 6.27. The lowest BCUT2D eigenvalue weighted by Gasteiger charge is -2.39. The molecule has 0 radical (unpaired) electrons.